The SMILES string of the molecule is C[O+]=c1ccc2nssc-2c1. The molecule has 0 aromatic rings. The second-order valence-corrected chi connectivity index (χ2v) is 3.97. The maximum atomic E-state index is 5.08. The van der Waals surface area contributed by atoms with Crippen LogP contribution in [0, 0.1) is 0 Å². The molecule has 0 radical (unpaired) electrons. The van der Waals surface area contributed by atoms with Gasteiger partial charge in [0.1, 0.15) is 0 Å². The molecule has 0 saturated heterocycles. The molecule has 0 fully saturated rings. The summed E-state index contributed by atoms with van der Waals surface area (Å²) in [6.07, 6.45) is 0. The first-order valence-corrected chi connectivity index (χ1v) is 5.23. The fraction of sp³-hybridized carbons (Fsp3) is 0.143. The molecule has 0 bridgehead atoms. The molecule has 2 aliphatic rings. The summed E-state index contributed by atoms with van der Waals surface area (Å²) < 4.78 is 9.27. The van der Waals surface area contributed by atoms with E-state index >= 15 is 0 Å². The van der Waals surface area contributed by atoms with Crippen molar-refractivity contribution >= 4 is 20.9 Å². The van der Waals surface area contributed by atoms with Crippen molar-refractivity contribution in [3.63, 3.8) is 0 Å². The van der Waals surface area contributed by atoms with Crippen molar-refractivity contribution in [2.75, 3.05) is 7.11 Å². The van der Waals surface area contributed by atoms with Crippen LogP contribution in [0.3, 0.4) is 0 Å². The molecule has 11 heavy (non-hydrogen) atoms. The lowest BCUT2D eigenvalue weighted by Crippen LogP contribution is -1.98. The Morgan fingerprint density at radius 1 is 1.45 bits per heavy atom. The van der Waals surface area contributed by atoms with Gasteiger partial charge in [-0.2, -0.15) is 4.37 Å². The normalized spacial score (nSPS) is 12.6. The van der Waals surface area contributed by atoms with E-state index in [1.165, 1.54) is 15.4 Å². The van der Waals surface area contributed by atoms with Gasteiger partial charge in [0.25, 0.3) is 7.11 Å². The van der Waals surface area contributed by atoms with Crippen LogP contribution in [-0.2, 0) is 0 Å². The van der Waals surface area contributed by atoms with Crippen molar-refractivity contribution in [2.24, 2.45) is 0 Å². The number of rotatable bonds is 0. The second-order valence-electron chi connectivity index (χ2n) is 2.08. The molecule has 0 atom stereocenters. The van der Waals surface area contributed by atoms with E-state index in [-0.39, 0.29) is 0 Å². The zero-order valence-corrected chi connectivity index (χ0v) is 7.54. The van der Waals surface area contributed by atoms with Gasteiger partial charge in [0.05, 0.1) is 16.6 Å². The summed E-state index contributed by atoms with van der Waals surface area (Å²) in [7, 11) is 4.85. The zero-order chi connectivity index (χ0) is 7.68. The molecule has 1 aliphatic carbocycles. The molecule has 0 aromatic heterocycles. The van der Waals surface area contributed by atoms with Crippen LogP contribution < -0.4 is 5.43 Å². The summed E-state index contributed by atoms with van der Waals surface area (Å²) in [5.41, 5.74) is 1.95. The van der Waals surface area contributed by atoms with Gasteiger partial charge in [-0.15, -0.1) is 0 Å². The lowest BCUT2D eigenvalue weighted by Gasteiger charge is -1.85. The molecule has 2 nitrogen and oxygen atoms in total. The lowest BCUT2D eigenvalue weighted by molar-refractivity contribution is 1.46. The van der Waals surface area contributed by atoms with Gasteiger partial charge < -0.3 is 0 Å². The maximum absolute atomic E-state index is 5.08. The third-order valence-electron chi connectivity index (χ3n) is 1.43. The van der Waals surface area contributed by atoms with Crippen molar-refractivity contribution in [3.05, 3.63) is 28.1 Å². The predicted molar refractivity (Wildman–Crippen MR) is 48.8 cm³/mol. The van der Waals surface area contributed by atoms with Gasteiger partial charge in [-0.05, 0) is 6.07 Å². The third kappa shape index (κ3) is 1.19. The second kappa shape index (κ2) is 2.71. The average Bonchev–Trinajstić information content (AvgIpc) is 2.50. The Hall–Kier alpha value is -0.740. The molecule has 0 unspecified atom stereocenters. The minimum atomic E-state index is 0.897. The average molecular weight is 184 g/mol. The molecule has 1 heterocycles. The molecule has 56 valence electrons. The van der Waals surface area contributed by atoms with Gasteiger partial charge in [0.15, 0.2) is 0 Å². The fourth-order valence-corrected chi connectivity index (χ4v) is 2.63. The first-order valence-electron chi connectivity index (χ1n) is 3.13. The van der Waals surface area contributed by atoms with Crippen molar-refractivity contribution < 1.29 is 0 Å². The molecule has 2 rings (SSSR count). The number of aromatic nitrogens is 1. The topological polar surface area (TPSA) is 24.2 Å². The van der Waals surface area contributed by atoms with E-state index in [1.807, 2.05) is 18.2 Å². The molecule has 0 amide bonds. The molecule has 0 saturated carbocycles. The Bertz CT molecular complexity index is 390. The Morgan fingerprint density at radius 3 is 3.18 bits per heavy atom. The first kappa shape index (κ1) is 6.94. The van der Waals surface area contributed by atoms with Crippen molar-refractivity contribution in [3.8, 4) is 10.6 Å². The summed E-state index contributed by atoms with van der Waals surface area (Å²) in [5, 5.41) is 0. The quantitative estimate of drug-likeness (QED) is 0.453. The zero-order valence-electron chi connectivity index (χ0n) is 5.90. The smallest absolute Gasteiger partial charge is 0.258 e. The molecule has 1 aliphatic heterocycles. The highest BCUT2D eigenvalue weighted by Crippen LogP contribution is 2.25. The largest absolute Gasteiger partial charge is 0.344 e. The Labute approximate surface area is 71.3 Å². The highest BCUT2D eigenvalue weighted by molar-refractivity contribution is 7.68. The number of hydrogen-bond acceptors (Lipinski definition) is 3. The molecule has 4 heteroatoms. The molecule has 0 spiro atoms. The predicted octanol–water partition coefficient (Wildman–Crippen LogP) is 1.84. The monoisotopic (exact) mass is 184 g/mol. The van der Waals surface area contributed by atoms with Crippen LogP contribution >= 0.6 is 20.9 Å². The van der Waals surface area contributed by atoms with Crippen LogP contribution in [0.2, 0.25) is 0 Å². The van der Waals surface area contributed by atoms with Crippen LogP contribution in [-0.4, -0.2) is 11.5 Å². The van der Waals surface area contributed by atoms with Gasteiger partial charge in [0.2, 0.25) is 0 Å². The third-order valence-corrected chi connectivity index (χ3v) is 3.27. The number of nitrogens with zero attached hydrogens (tertiary/aromatic N) is 1. The Balaban J connectivity index is 2.78. The maximum Gasteiger partial charge on any atom is 0.344 e. The summed E-state index contributed by atoms with van der Waals surface area (Å²) in [6.45, 7) is 0. The van der Waals surface area contributed by atoms with Gasteiger partial charge in [-0.1, -0.05) is 10.3 Å². The number of hydrogen-bond donors (Lipinski definition) is 0. The van der Waals surface area contributed by atoms with Gasteiger partial charge >= 0.3 is 5.43 Å². The van der Waals surface area contributed by atoms with E-state index in [4.69, 9.17) is 4.42 Å². The lowest BCUT2D eigenvalue weighted by atomic mass is 10.3. The standard InChI is InChI=1S/C7H6NOS2/c1-9-5-2-3-6-7(4-5)10-11-8-6/h2-4H,1H3/q+1. The van der Waals surface area contributed by atoms with Gasteiger partial charge in [0, 0.05) is 16.6 Å². The van der Waals surface area contributed by atoms with Crippen LogP contribution in [0.15, 0.2) is 22.6 Å². The summed E-state index contributed by atoms with van der Waals surface area (Å²) >= 11 is 0. The van der Waals surface area contributed by atoms with E-state index in [9.17, 15) is 0 Å². The van der Waals surface area contributed by atoms with Crippen LogP contribution in [0.4, 0.5) is 0 Å². The summed E-state index contributed by atoms with van der Waals surface area (Å²) in [4.78, 5) is 1.19. The van der Waals surface area contributed by atoms with Crippen LogP contribution in [0.25, 0.3) is 10.6 Å². The van der Waals surface area contributed by atoms with E-state index in [0.717, 1.165) is 11.1 Å². The van der Waals surface area contributed by atoms with E-state index in [0.29, 0.717) is 0 Å². The number of benzene rings is 1. The summed E-state index contributed by atoms with van der Waals surface area (Å²) in [5.74, 6) is 0. The van der Waals surface area contributed by atoms with Crippen LogP contribution in [0.1, 0.15) is 0 Å². The minimum Gasteiger partial charge on any atom is -0.258 e. The highest BCUT2D eigenvalue weighted by atomic mass is 32.9. The molecular formula is C7H6NOS2+. The van der Waals surface area contributed by atoms with Gasteiger partial charge in [-0.25, -0.2) is 0 Å². The van der Waals surface area contributed by atoms with Crippen molar-refractivity contribution in [2.45, 2.75) is 0 Å². The number of fused-ring (bicyclic) bond motifs is 1. The molecular weight excluding hydrogens is 178 g/mol. The van der Waals surface area contributed by atoms with Crippen LogP contribution in [0.5, 0.6) is 0 Å². The van der Waals surface area contributed by atoms with Crippen molar-refractivity contribution in [1.29, 1.82) is 0 Å². The van der Waals surface area contributed by atoms with Gasteiger partial charge in [-0.3, -0.25) is 4.42 Å². The Kier molecular flexibility index (Phi) is 1.71. The molecule has 0 aromatic carbocycles. The van der Waals surface area contributed by atoms with E-state index < -0.39 is 0 Å². The highest BCUT2D eigenvalue weighted by Gasteiger charge is 2.06. The van der Waals surface area contributed by atoms with E-state index in [2.05, 4.69) is 4.37 Å². The van der Waals surface area contributed by atoms with E-state index in [1.54, 1.807) is 17.5 Å². The first-order chi connectivity index (χ1) is 5.40. The Morgan fingerprint density at radius 2 is 2.36 bits per heavy atom. The van der Waals surface area contributed by atoms with Crippen molar-refractivity contribution in [1.82, 2.24) is 4.37 Å². The summed E-state index contributed by atoms with van der Waals surface area (Å²) in [6, 6.07) is 5.90. The molecule has 0 N–H and O–H groups in total. The fourth-order valence-electron chi connectivity index (χ4n) is 0.863. The minimum absolute atomic E-state index is 0.897.